The molecular weight excluding hydrogens is 260 g/mol. The van der Waals surface area contributed by atoms with E-state index >= 15 is 0 Å². The average Bonchev–Trinajstić information content (AvgIpc) is 2.00. The number of rotatable bonds is 5. The minimum Gasteiger partial charge on any atom is -0.330 e. The van der Waals surface area contributed by atoms with Crippen molar-refractivity contribution >= 4 is 31.9 Å². The third kappa shape index (κ3) is 3.91. The summed E-state index contributed by atoms with van der Waals surface area (Å²) in [6.45, 7) is 1.39. The van der Waals surface area contributed by atoms with Crippen LogP contribution in [0.1, 0.15) is 12.8 Å². The Balaban J connectivity index is 3.58. The van der Waals surface area contributed by atoms with E-state index in [1.54, 1.807) is 0 Å². The molecule has 1 unspecified atom stereocenters. The maximum Gasteiger partial charge on any atom is 0.0476 e. The van der Waals surface area contributed by atoms with Crippen LogP contribution in [0.5, 0.6) is 0 Å². The molecule has 0 aromatic heterocycles. The van der Waals surface area contributed by atoms with Gasteiger partial charge in [-0.1, -0.05) is 31.9 Å². The molecular formula is C6H14Br2N2. The van der Waals surface area contributed by atoms with Gasteiger partial charge in [0.15, 0.2) is 0 Å². The first-order chi connectivity index (χ1) is 4.68. The van der Waals surface area contributed by atoms with Gasteiger partial charge in [0.1, 0.15) is 0 Å². The topological polar surface area (TPSA) is 52.0 Å². The highest BCUT2D eigenvalue weighted by Gasteiger charge is 2.21. The molecule has 0 amide bonds. The molecule has 0 radical (unpaired) electrons. The molecule has 0 rings (SSSR count). The van der Waals surface area contributed by atoms with Gasteiger partial charge in [-0.15, -0.1) is 0 Å². The van der Waals surface area contributed by atoms with Gasteiger partial charge in [0, 0.05) is 16.2 Å². The maximum atomic E-state index is 5.54. The summed E-state index contributed by atoms with van der Waals surface area (Å²) < 4.78 is 0.0619. The van der Waals surface area contributed by atoms with Crippen molar-refractivity contribution in [3.8, 4) is 0 Å². The minimum absolute atomic E-state index is 0.0619. The van der Waals surface area contributed by atoms with Crippen LogP contribution >= 0.6 is 31.9 Å². The fraction of sp³-hybridized carbons (Fsp3) is 1.00. The van der Waals surface area contributed by atoms with Crippen LogP contribution < -0.4 is 11.5 Å². The summed E-state index contributed by atoms with van der Waals surface area (Å²) in [6, 6.07) is 0. The van der Waals surface area contributed by atoms with Crippen molar-refractivity contribution < 1.29 is 0 Å². The highest BCUT2D eigenvalue weighted by atomic mass is 79.9. The van der Waals surface area contributed by atoms with Gasteiger partial charge in [-0.25, -0.2) is 0 Å². The Labute approximate surface area is 79.0 Å². The zero-order chi connectivity index (χ0) is 8.04. The van der Waals surface area contributed by atoms with Gasteiger partial charge in [-0.3, -0.25) is 0 Å². The molecule has 2 nitrogen and oxygen atoms in total. The molecule has 0 bridgehead atoms. The van der Waals surface area contributed by atoms with E-state index in [0.717, 1.165) is 24.7 Å². The molecule has 4 heteroatoms. The largest absolute Gasteiger partial charge is 0.330 e. The fourth-order valence-electron chi connectivity index (χ4n) is 0.642. The summed E-state index contributed by atoms with van der Waals surface area (Å²) in [5.41, 5.74) is 10.9. The molecule has 0 aliphatic rings. The van der Waals surface area contributed by atoms with Crippen molar-refractivity contribution in [2.45, 2.75) is 17.2 Å². The van der Waals surface area contributed by atoms with Crippen molar-refractivity contribution in [3.05, 3.63) is 0 Å². The first kappa shape index (κ1) is 10.9. The summed E-state index contributed by atoms with van der Waals surface area (Å²) in [5, 5.41) is 0.885. The van der Waals surface area contributed by atoms with Crippen LogP contribution in [-0.2, 0) is 0 Å². The van der Waals surface area contributed by atoms with E-state index in [2.05, 4.69) is 31.9 Å². The Bertz CT molecular complexity index is 83.8. The number of hydrogen-bond acceptors (Lipinski definition) is 2. The Morgan fingerprint density at radius 1 is 1.30 bits per heavy atom. The highest BCUT2D eigenvalue weighted by molar-refractivity contribution is 9.12. The first-order valence-electron chi connectivity index (χ1n) is 3.33. The maximum absolute atomic E-state index is 5.54. The summed E-state index contributed by atoms with van der Waals surface area (Å²) in [5.74, 6) is 0. The SMILES string of the molecule is NCCCC(Br)(CN)CBr. The van der Waals surface area contributed by atoms with Crippen molar-refractivity contribution in [3.63, 3.8) is 0 Å². The van der Waals surface area contributed by atoms with Crippen LogP contribution in [0.4, 0.5) is 0 Å². The summed E-state index contributed by atoms with van der Waals surface area (Å²) in [7, 11) is 0. The van der Waals surface area contributed by atoms with Crippen molar-refractivity contribution in [1.82, 2.24) is 0 Å². The second-order valence-electron chi connectivity index (χ2n) is 2.38. The number of halogens is 2. The van der Waals surface area contributed by atoms with Gasteiger partial charge in [-0.2, -0.15) is 0 Å². The van der Waals surface area contributed by atoms with Gasteiger partial charge >= 0.3 is 0 Å². The number of alkyl halides is 2. The molecule has 0 saturated carbocycles. The van der Waals surface area contributed by atoms with Crippen molar-refractivity contribution in [2.75, 3.05) is 18.4 Å². The monoisotopic (exact) mass is 272 g/mol. The van der Waals surface area contributed by atoms with Crippen LogP contribution in [0, 0.1) is 0 Å². The van der Waals surface area contributed by atoms with Crippen LogP contribution in [-0.4, -0.2) is 22.7 Å². The molecule has 62 valence electrons. The quantitative estimate of drug-likeness (QED) is 0.740. The van der Waals surface area contributed by atoms with E-state index in [1.165, 1.54) is 0 Å². The van der Waals surface area contributed by atoms with E-state index < -0.39 is 0 Å². The molecule has 0 aromatic rings. The molecule has 0 fully saturated rings. The Morgan fingerprint density at radius 3 is 2.20 bits per heavy atom. The number of nitrogens with two attached hydrogens (primary N) is 2. The molecule has 4 N–H and O–H groups in total. The minimum atomic E-state index is 0.0619. The van der Waals surface area contributed by atoms with Crippen molar-refractivity contribution in [1.29, 1.82) is 0 Å². The average molecular weight is 274 g/mol. The molecule has 0 saturated heterocycles. The predicted molar refractivity (Wildman–Crippen MR) is 52.8 cm³/mol. The van der Waals surface area contributed by atoms with E-state index in [9.17, 15) is 0 Å². The van der Waals surface area contributed by atoms with Crippen LogP contribution in [0.15, 0.2) is 0 Å². The lowest BCUT2D eigenvalue weighted by Gasteiger charge is -2.22. The van der Waals surface area contributed by atoms with Crippen LogP contribution in [0.2, 0.25) is 0 Å². The van der Waals surface area contributed by atoms with Crippen molar-refractivity contribution in [2.24, 2.45) is 11.5 Å². The second kappa shape index (κ2) is 5.52. The molecule has 10 heavy (non-hydrogen) atoms. The Kier molecular flexibility index (Phi) is 6.01. The smallest absolute Gasteiger partial charge is 0.0476 e. The molecule has 0 aliphatic heterocycles. The zero-order valence-corrected chi connectivity index (χ0v) is 9.12. The van der Waals surface area contributed by atoms with E-state index in [-0.39, 0.29) is 4.32 Å². The van der Waals surface area contributed by atoms with E-state index in [1.807, 2.05) is 0 Å². The molecule has 1 atom stereocenters. The van der Waals surface area contributed by atoms with Gasteiger partial charge in [-0.05, 0) is 19.4 Å². The van der Waals surface area contributed by atoms with E-state index in [4.69, 9.17) is 11.5 Å². The third-order valence-corrected chi connectivity index (χ3v) is 4.26. The lowest BCUT2D eigenvalue weighted by atomic mass is 10.1. The highest BCUT2D eigenvalue weighted by Crippen LogP contribution is 2.24. The van der Waals surface area contributed by atoms with Gasteiger partial charge < -0.3 is 11.5 Å². The Morgan fingerprint density at radius 2 is 1.90 bits per heavy atom. The molecule has 0 spiro atoms. The normalized spacial score (nSPS) is 16.8. The zero-order valence-electron chi connectivity index (χ0n) is 5.95. The lowest BCUT2D eigenvalue weighted by Crippen LogP contribution is -2.33. The summed E-state index contributed by atoms with van der Waals surface area (Å²) in [4.78, 5) is 0. The molecule has 0 aromatic carbocycles. The van der Waals surface area contributed by atoms with Gasteiger partial charge in [0.2, 0.25) is 0 Å². The second-order valence-corrected chi connectivity index (χ2v) is 4.62. The number of hydrogen-bond donors (Lipinski definition) is 2. The molecule has 0 heterocycles. The Hall–Kier alpha value is 0.880. The summed E-state index contributed by atoms with van der Waals surface area (Å²) in [6.07, 6.45) is 2.05. The van der Waals surface area contributed by atoms with Gasteiger partial charge in [0.25, 0.3) is 0 Å². The first-order valence-corrected chi connectivity index (χ1v) is 5.25. The predicted octanol–water partition coefficient (Wildman–Crippen LogP) is 1.21. The lowest BCUT2D eigenvalue weighted by molar-refractivity contribution is 0.593. The fourth-order valence-corrected chi connectivity index (χ4v) is 1.43. The third-order valence-electron chi connectivity index (χ3n) is 1.43. The van der Waals surface area contributed by atoms with Gasteiger partial charge in [0.05, 0.1) is 0 Å². The van der Waals surface area contributed by atoms with E-state index in [0.29, 0.717) is 6.54 Å². The summed E-state index contributed by atoms with van der Waals surface area (Å²) >= 11 is 6.95. The standard InChI is InChI=1S/C6H14Br2N2/c7-4-6(8,5-10)2-1-3-9/h1-5,9-10H2. The van der Waals surface area contributed by atoms with Crippen LogP contribution in [0.3, 0.4) is 0 Å². The van der Waals surface area contributed by atoms with Crippen LogP contribution in [0.25, 0.3) is 0 Å². The molecule has 0 aliphatic carbocycles.